The van der Waals surface area contributed by atoms with Crippen LogP contribution in [0.15, 0.2) is 11.6 Å². The van der Waals surface area contributed by atoms with Crippen LogP contribution in [0.25, 0.3) is 0 Å². The van der Waals surface area contributed by atoms with Crippen LogP contribution in [0.3, 0.4) is 0 Å². The summed E-state index contributed by atoms with van der Waals surface area (Å²) >= 11 is 0. The molecule has 1 unspecified atom stereocenters. The number of hydrogen-bond donors (Lipinski definition) is 1. The number of allylic oxidation sites excluding steroid dienone is 1. The van der Waals surface area contributed by atoms with Gasteiger partial charge >= 0.3 is 5.97 Å². The van der Waals surface area contributed by atoms with E-state index in [1.807, 2.05) is 0 Å². The monoisotopic (exact) mass is 168 g/mol. The summed E-state index contributed by atoms with van der Waals surface area (Å²) < 4.78 is 0. The molecule has 0 bridgehead atoms. The number of rotatable bonds is 1. The summed E-state index contributed by atoms with van der Waals surface area (Å²) in [7, 11) is 0. The predicted molar refractivity (Wildman–Crippen MR) is 47.9 cm³/mol. The first-order chi connectivity index (χ1) is 5.41. The second kappa shape index (κ2) is 2.92. The van der Waals surface area contributed by atoms with E-state index in [2.05, 4.69) is 20.8 Å². The minimum absolute atomic E-state index is 0.292. The van der Waals surface area contributed by atoms with E-state index in [0.717, 1.165) is 18.4 Å². The molecule has 1 aliphatic carbocycles. The first-order valence-corrected chi connectivity index (χ1v) is 4.34. The van der Waals surface area contributed by atoms with Gasteiger partial charge in [-0.05, 0) is 24.2 Å². The number of aliphatic carboxylic acids is 1. The van der Waals surface area contributed by atoms with Crippen LogP contribution < -0.4 is 0 Å². The minimum Gasteiger partial charge on any atom is -0.478 e. The Labute approximate surface area is 73.3 Å². The van der Waals surface area contributed by atoms with E-state index in [-0.39, 0.29) is 0 Å². The molecule has 68 valence electrons. The minimum atomic E-state index is -0.811. The average Bonchev–Trinajstić information content (AvgIpc) is 2.03. The van der Waals surface area contributed by atoms with Gasteiger partial charge in [-0.25, -0.2) is 4.79 Å². The number of carboxylic acids is 1. The molecule has 2 nitrogen and oxygen atoms in total. The van der Waals surface area contributed by atoms with Crippen molar-refractivity contribution in [2.75, 3.05) is 0 Å². The Morgan fingerprint density at radius 2 is 2.25 bits per heavy atom. The zero-order valence-electron chi connectivity index (χ0n) is 7.92. The Morgan fingerprint density at radius 3 is 2.58 bits per heavy atom. The highest BCUT2D eigenvalue weighted by molar-refractivity contribution is 5.80. The molecule has 0 heterocycles. The average molecular weight is 168 g/mol. The SMILES string of the molecule is CC1CC(C)(C)CC1=CC(=O)O. The van der Waals surface area contributed by atoms with Gasteiger partial charge in [-0.2, -0.15) is 0 Å². The van der Waals surface area contributed by atoms with E-state index in [1.165, 1.54) is 6.08 Å². The van der Waals surface area contributed by atoms with Crippen LogP contribution in [-0.2, 0) is 4.79 Å². The zero-order chi connectivity index (χ0) is 9.35. The van der Waals surface area contributed by atoms with Crippen LogP contribution in [0, 0.1) is 11.3 Å². The highest BCUT2D eigenvalue weighted by atomic mass is 16.4. The van der Waals surface area contributed by atoms with Crippen molar-refractivity contribution in [3.63, 3.8) is 0 Å². The van der Waals surface area contributed by atoms with E-state index < -0.39 is 5.97 Å². The van der Waals surface area contributed by atoms with Gasteiger partial charge in [0.15, 0.2) is 0 Å². The van der Waals surface area contributed by atoms with E-state index in [9.17, 15) is 4.79 Å². The van der Waals surface area contributed by atoms with Gasteiger partial charge in [0, 0.05) is 6.08 Å². The lowest BCUT2D eigenvalue weighted by Gasteiger charge is -2.14. The third-order valence-corrected chi connectivity index (χ3v) is 2.48. The topological polar surface area (TPSA) is 37.3 Å². The van der Waals surface area contributed by atoms with E-state index in [4.69, 9.17) is 5.11 Å². The van der Waals surface area contributed by atoms with E-state index in [0.29, 0.717) is 11.3 Å². The molecule has 0 saturated heterocycles. The molecule has 1 rings (SSSR count). The number of carboxylic acid groups (broad SMARTS) is 1. The van der Waals surface area contributed by atoms with Crippen molar-refractivity contribution < 1.29 is 9.90 Å². The van der Waals surface area contributed by atoms with Crippen molar-refractivity contribution in [2.24, 2.45) is 11.3 Å². The summed E-state index contributed by atoms with van der Waals surface area (Å²) in [5, 5.41) is 8.59. The van der Waals surface area contributed by atoms with Gasteiger partial charge in [0.05, 0.1) is 0 Å². The lowest BCUT2D eigenvalue weighted by molar-refractivity contribution is -0.131. The van der Waals surface area contributed by atoms with Crippen molar-refractivity contribution >= 4 is 5.97 Å². The van der Waals surface area contributed by atoms with E-state index in [1.54, 1.807) is 0 Å². The third kappa shape index (κ3) is 2.10. The Bertz CT molecular complexity index is 226. The van der Waals surface area contributed by atoms with Gasteiger partial charge in [0.25, 0.3) is 0 Å². The molecule has 12 heavy (non-hydrogen) atoms. The molecule has 0 spiro atoms. The van der Waals surface area contributed by atoms with Gasteiger partial charge in [-0.15, -0.1) is 0 Å². The predicted octanol–water partition coefficient (Wildman–Crippen LogP) is 2.45. The molecule has 1 fully saturated rings. The second-order valence-electron chi connectivity index (χ2n) is 4.50. The maximum absolute atomic E-state index is 10.4. The molecule has 0 aromatic rings. The van der Waals surface area contributed by atoms with Crippen LogP contribution >= 0.6 is 0 Å². The van der Waals surface area contributed by atoms with Gasteiger partial charge < -0.3 is 5.11 Å². The third-order valence-electron chi connectivity index (χ3n) is 2.48. The summed E-state index contributed by atoms with van der Waals surface area (Å²) in [5.74, 6) is -0.370. The quantitative estimate of drug-likeness (QED) is 0.610. The molecule has 0 amide bonds. The molecule has 1 aliphatic rings. The fourth-order valence-corrected chi connectivity index (χ4v) is 2.11. The van der Waals surface area contributed by atoms with Crippen molar-refractivity contribution in [3.8, 4) is 0 Å². The Kier molecular flexibility index (Phi) is 2.27. The van der Waals surface area contributed by atoms with Crippen molar-refractivity contribution in [1.82, 2.24) is 0 Å². The van der Waals surface area contributed by atoms with Crippen LogP contribution in [0.1, 0.15) is 33.6 Å². The van der Waals surface area contributed by atoms with Crippen LogP contribution in [0.2, 0.25) is 0 Å². The summed E-state index contributed by atoms with van der Waals surface area (Å²) in [5.41, 5.74) is 1.38. The lowest BCUT2D eigenvalue weighted by atomic mass is 9.91. The fourth-order valence-electron chi connectivity index (χ4n) is 2.11. The van der Waals surface area contributed by atoms with Gasteiger partial charge in [-0.1, -0.05) is 26.3 Å². The summed E-state index contributed by atoms with van der Waals surface area (Å²) in [6.45, 7) is 6.47. The largest absolute Gasteiger partial charge is 0.478 e. The van der Waals surface area contributed by atoms with Crippen molar-refractivity contribution in [2.45, 2.75) is 33.6 Å². The van der Waals surface area contributed by atoms with Gasteiger partial charge in [0.1, 0.15) is 0 Å². The summed E-state index contributed by atoms with van der Waals surface area (Å²) in [6, 6.07) is 0. The van der Waals surface area contributed by atoms with Gasteiger partial charge in [-0.3, -0.25) is 0 Å². The first-order valence-electron chi connectivity index (χ1n) is 4.34. The normalized spacial score (nSPS) is 30.9. The molecule has 2 heteroatoms. The molecule has 1 saturated carbocycles. The highest BCUT2D eigenvalue weighted by Gasteiger charge is 2.32. The molecule has 0 aromatic heterocycles. The fraction of sp³-hybridized carbons (Fsp3) is 0.700. The van der Waals surface area contributed by atoms with Crippen LogP contribution in [-0.4, -0.2) is 11.1 Å². The smallest absolute Gasteiger partial charge is 0.328 e. The molecule has 0 radical (unpaired) electrons. The standard InChI is InChI=1S/C10H16O2/c1-7-5-10(2,3)6-8(7)4-9(11)12/h4,7H,5-6H2,1-3H3,(H,11,12). The maximum atomic E-state index is 10.4. The Balaban J connectivity index is 2.77. The summed E-state index contributed by atoms with van der Waals surface area (Å²) in [4.78, 5) is 10.4. The molecule has 1 atom stereocenters. The maximum Gasteiger partial charge on any atom is 0.328 e. The van der Waals surface area contributed by atoms with E-state index >= 15 is 0 Å². The molecule has 0 aliphatic heterocycles. The Morgan fingerprint density at radius 1 is 1.67 bits per heavy atom. The number of hydrogen-bond acceptors (Lipinski definition) is 1. The summed E-state index contributed by atoms with van der Waals surface area (Å²) in [6.07, 6.45) is 3.41. The van der Waals surface area contributed by atoms with Gasteiger partial charge in [0.2, 0.25) is 0 Å². The lowest BCUT2D eigenvalue weighted by Crippen LogP contribution is -2.03. The second-order valence-corrected chi connectivity index (χ2v) is 4.50. The number of carbonyl (C=O) groups is 1. The van der Waals surface area contributed by atoms with Crippen LogP contribution in [0.4, 0.5) is 0 Å². The van der Waals surface area contributed by atoms with Crippen LogP contribution in [0.5, 0.6) is 0 Å². The van der Waals surface area contributed by atoms with Crippen molar-refractivity contribution in [1.29, 1.82) is 0 Å². The van der Waals surface area contributed by atoms with Crippen molar-refractivity contribution in [3.05, 3.63) is 11.6 Å². The highest BCUT2D eigenvalue weighted by Crippen LogP contribution is 2.44. The molecule has 0 aromatic carbocycles. The first kappa shape index (κ1) is 9.30. The molecular weight excluding hydrogens is 152 g/mol. The molecular formula is C10H16O2. The molecule has 1 N–H and O–H groups in total. The Hall–Kier alpha value is -0.790. The zero-order valence-corrected chi connectivity index (χ0v) is 7.92.